The number of rotatable bonds is 7. The van der Waals surface area contributed by atoms with Crippen LogP contribution < -0.4 is 0 Å². The van der Waals surface area contributed by atoms with Crippen molar-refractivity contribution in [1.82, 2.24) is 0 Å². The molecule has 0 aliphatic carbocycles. The average molecular weight is 432 g/mol. The van der Waals surface area contributed by atoms with Gasteiger partial charge in [-0.3, -0.25) is 0 Å². The molecule has 4 nitrogen and oxygen atoms in total. The van der Waals surface area contributed by atoms with Gasteiger partial charge in [-0.2, -0.15) is 0 Å². The zero-order valence-corrected chi connectivity index (χ0v) is 15.3. The molecule has 6 heteroatoms. The molecule has 0 heterocycles. The van der Waals surface area contributed by atoms with E-state index in [0.717, 1.165) is 34.6 Å². The maximum atomic E-state index is 9.43. The van der Waals surface area contributed by atoms with Gasteiger partial charge < -0.3 is 0 Å². The zero-order valence-electron chi connectivity index (χ0n) is 11.9. The summed E-state index contributed by atoms with van der Waals surface area (Å²) in [5.74, 6) is -0.253. The fourth-order valence-corrected chi connectivity index (χ4v) is 8.11. The molecule has 2 aromatic rings. The van der Waals surface area contributed by atoms with E-state index in [1.165, 1.54) is 12.1 Å². The van der Waals surface area contributed by atoms with Gasteiger partial charge in [0.15, 0.2) is 0 Å². The number of phenolic OH excluding ortho intramolecular Hbond substituents is 4. The van der Waals surface area contributed by atoms with Crippen LogP contribution in [0.25, 0.3) is 0 Å². The molecule has 0 aliphatic rings. The summed E-state index contributed by atoms with van der Waals surface area (Å²) in [4.78, 5) is 0. The third-order valence-corrected chi connectivity index (χ3v) is 10.5. The molecule has 4 N–H and O–H groups in total. The first-order valence-electron chi connectivity index (χ1n) is 6.82. The monoisotopic (exact) mass is 434 g/mol. The van der Waals surface area contributed by atoms with Crippen molar-refractivity contribution in [2.45, 2.75) is 23.5 Å². The van der Waals surface area contributed by atoms with Crippen molar-refractivity contribution in [3.8, 4) is 23.0 Å². The Labute approximate surface area is 140 Å². The predicted molar refractivity (Wildman–Crippen MR) is 88.1 cm³/mol. The SMILES string of the molecule is Oc1ccc(CC[Se][Se]CCc2ccc(O)c(O)c2)cc1O. The second-order valence-electron chi connectivity index (χ2n) is 4.79. The van der Waals surface area contributed by atoms with E-state index in [1.54, 1.807) is 12.1 Å². The van der Waals surface area contributed by atoms with E-state index in [1.807, 2.05) is 12.1 Å². The molecule has 0 atom stereocenters. The Kier molecular flexibility index (Phi) is 6.47. The number of benzene rings is 2. The number of phenols is 4. The summed E-state index contributed by atoms with van der Waals surface area (Å²) in [7, 11) is 0. The first kappa shape index (κ1) is 17.0. The van der Waals surface area contributed by atoms with Crippen LogP contribution in [-0.4, -0.2) is 46.7 Å². The Bertz CT molecular complexity index is 576. The fraction of sp³-hybridized carbons (Fsp3) is 0.250. The van der Waals surface area contributed by atoms with Gasteiger partial charge in [-0.1, -0.05) is 0 Å². The van der Waals surface area contributed by atoms with Gasteiger partial charge >= 0.3 is 141 Å². The summed E-state index contributed by atoms with van der Waals surface area (Å²) >= 11 is 1.19. The Morgan fingerprint density at radius 2 is 1.00 bits per heavy atom. The van der Waals surface area contributed by atoms with Crippen LogP contribution in [-0.2, 0) is 12.8 Å². The van der Waals surface area contributed by atoms with Gasteiger partial charge in [0, 0.05) is 0 Å². The van der Waals surface area contributed by atoms with Crippen molar-refractivity contribution in [3.05, 3.63) is 47.5 Å². The zero-order chi connectivity index (χ0) is 15.9. The molecule has 0 amide bonds. The van der Waals surface area contributed by atoms with Crippen LogP contribution in [0.3, 0.4) is 0 Å². The Morgan fingerprint density at radius 1 is 0.591 bits per heavy atom. The van der Waals surface area contributed by atoms with Gasteiger partial charge in [-0.25, -0.2) is 0 Å². The van der Waals surface area contributed by atoms with E-state index in [0.29, 0.717) is 26.3 Å². The molecule has 118 valence electrons. The molecule has 0 saturated carbocycles. The number of aryl methyl sites for hydroxylation is 2. The summed E-state index contributed by atoms with van der Waals surface area (Å²) in [6.45, 7) is 0. The summed E-state index contributed by atoms with van der Waals surface area (Å²) in [6, 6.07) is 9.99. The minimum atomic E-state index is -0.0735. The molecule has 2 rings (SSSR count). The molecule has 0 aromatic heterocycles. The van der Waals surface area contributed by atoms with Crippen molar-refractivity contribution < 1.29 is 20.4 Å². The van der Waals surface area contributed by atoms with Crippen LogP contribution in [0.15, 0.2) is 36.4 Å². The van der Waals surface area contributed by atoms with Gasteiger partial charge in [0.2, 0.25) is 0 Å². The Hall–Kier alpha value is -1.32. The molecule has 0 unspecified atom stereocenters. The molecule has 0 bridgehead atoms. The van der Waals surface area contributed by atoms with Crippen molar-refractivity contribution in [2.75, 3.05) is 0 Å². The van der Waals surface area contributed by atoms with Crippen molar-refractivity contribution in [2.24, 2.45) is 0 Å². The first-order chi connectivity index (χ1) is 10.6. The van der Waals surface area contributed by atoms with Crippen LogP contribution >= 0.6 is 0 Å². The van der Waals surface area contributed by atoms with Crippen molar-refractivity contribution in [3.63, 3.8) is 0 Å². The molecular formula is C16H18O4Se2. The van der Waals surface area contributed by atoms with E-state index in [-0.39, 0.29) is 23.0 Å². The van der Waals surface area contributed by atoms with Gasteiger partial charge in [-0.15, -0.1) is 0 Å². The molecule has 0 fully saturated rings. The van der Waals surface area contributed by atoms with Crippen LogP contribution in [0.2, 0.25) is 10.6 Å². The second-order valence-corrected chi connectivity index (χ2v) is 12.6. The van der Waals surface area contributed by atoms with Gasteiger partial charge in [0.05, 0.1) is 0 Å². The van der Waals surface area contributed by atoms with Crippen LogP contribution in [0.4, 0.5) is 0 Å². The van der Waals surface area contributed by atoms with Crippen LogP contribution in [0, 0.1) is 0 Å². The molecule has 0 spiro atoms. The first-order valence-corrected chi connectivity index (χ1v) is 13.6. The topological polar surface area (TPSA) is 80.9 Å². The predicted octanol–water partition coefficient (Wildman–Crippen LogP) is 2.45. The van der Waals surface area contributed by atoms with E-state index in [9.17, 15) is 20.4 Å². The van der Waals surface area contributed by atoms with Gasteiger partial charge in [0.25, 0.3) is 0 Å². The second kappa shape index (κ2) is 8.35. The summed E-state index contributed by atoms with van der Waals surface area (Å²) < 4.78 is 0. The van der Waals surface area contributed by atoms with Crippen molar-refractivity contribution in [1.29, 1.82) is 0 Å². The molecular weight excluding hydrogens is 414 g/mol. The van der Waals surface area contributed by atoms with Crippen LogP contribution in [0.5, 0.6) is 23.0 Å². The molecule has 0 aliphatic heterocycles. The maximum absolute atomic E-state index is 9.43. The van der Waals surface area contributed by atoms with E-state index >= 15 is 0 Å². The molecule has 2 aromatic carbocycles. The minimum absolute atomic E-state index is 0.0531. The van der Waals surface area contributed by atoms with E-state index in [2.05, 4.69) is 0 Å². The molecule has 22 heavy (non-hydrogen) atoms. The average Bonchev–Trinajstić information content (AvgIpc) is 2.50. The summed E-state index contributed by atoms with van der Waals surface area (Å²) in [5.41, 5.74) is 2.10. The number of hydrogen-bond acceptors (Lipinski definition) is 4. The van der Waals surface area contributed by atoms with E-state index < -0.39 is 0 Å². The standard InChI is InChI=1S/C16H18O4Se2/c17-13-3-1-11(9-15(13)19)5-7-21-22-8-6-12-2-4-14(18)16(20)10-12/h1-4,9-10,17-20H,5-8H2. The number of aromatic hydroxyl groups is 4. The third kappa shape index (κ3) is 5.15. The molecule has 0 saturated heterocycles. The Balaban J connectivity index is 1.65. The van der Waals surface area contributed by atoms with Gasteiger partial charge in [0.1, 0.15) is 0 Å². The summed E-state index contributed by atoms with van der Waals surface area (Å²) in [5, 5.41) is 39.6. The quantitative estimate of drug-likeness (QED) is 0.308. The third-order valence-electron chi connectivity index (χ3n) is 3.11. The van der Waals surface area contributed by atoms with Crippen molar-refractivity contribution >= 4 is 26.3 Å². The van der Waals surface area contributed by atoms with E-state index in [4.69, 9.17) is 0 Å². The normalized spacial score (nSPS) is 10.7. The number of hydrogen-bond donors (Lipinski definition) is 4. The Morgan fingerprint density at radius 3 is 1.36 bits per heavy atom. The summed E-state index contributed by atoms with van der Waals surface area (Å²) in [6.07, 6.45) is 1.85. The van der Waals surface area contributed by atoms with Crippen LogP contribution in [0.1, 0.15) is 11.1 Å². The molecule has 0 radical (unpaired) electrons. The van der Waals surface area contributed by atoms with Gasteiger partial charge in [-0.05, 0) is 0 Å². The fourth-order valence-electron chi connectivity index (χ4n) is 1.89.